The molecule has 0 heterocycles. The highest BCUT2D eigenvalue weighted by atomic mass is 16.5. The van der Waals surface area contributed by atoms with Crippen LogP contribution in [0.5, 0.6) is 0 Å². The molecule has 0 unspecified atom stereocenters. The highest BCUT2D eigenvalue weighted by Crippen LogP contribution is 1.99. The molecule has 0 atom stereocenters. The van der Waals surface area contributed by atoms with E-state index in [4.69, 9.17) is 4.74 Å². The molecular formula is C9H12O4. The number of carbonyl (C=O) groups excluding carboxylic acids is 2. The second-order valence-corrected chi connectivity index (χ2v) is 2.14. The van der Waals surface area contributed by atoms with Gasteiger partial charge in [0, 0.05) is 13.0 Å². The zero-order valence-corrected chi connectivity index (χ0v) is 7.87. The summed E-state index contributed by atoms with van der Waals surface area (Å²) in [4.78, 5) is 21.2. The molecule has 0 fully saturated rings. The first-order chi connectivity index (χ1) is 6.10. The van der Waals surface area contributed by atoms with Crippen molar-refractivity contribution < 1.29 is 19.1 Å². The maximum absolute atomic E-state index is 10.6. The van der Waals surface area contributed by atoms with E-state index in [1.54, 1.807) is 13.0 Å². The van der Waals surface area contributed by atoms with Crippen LogP contribution in [-0.4, -0.2) is 19.0 Å². The Hall–Kier alpha value is -1.58. The average molecular weight is 184 g/mol. The van der Waals surface area contributed by atoms with E-state index in [0.29, 0.717) is 5.76 Å². The minimum Gasteiger partial charge on any atom is -0.466 e. The van der Waals surface area contributed by atoms with E-state index in [1.165, 1.54) is 26.2 Å². The SMILES string of the molecule is C/C=C(\C=C\C(=O)OC)OC(C)=O. The van der Waals surface area contributed by atoms with E-state index in [1.807, 2.05) is 0 Å². The molecule has 0 aliphatic carbocycles. The van der Waals surface area contributed by atoms with Crippen LogP contribution in [-0.2, 0) is 19.1 Å². The Balaban J connectivity index is 4.22. The lowest BCUT2D eigenvalue weighted by Gasteiger charge is -1.99. The number of hydrogen-bond donors (Lipinski definition) is 0. The van der Waals surface area contributed by atoms with Crippen molar-refractivity contribution in [1.82, 2.24) is 0 Å². The summed E-state index contributed by atoms with van der Waals surface area (Å²) in [5, 5.41) is 0. The van der Waals surface area contributed by atoms with Gasteiger partial charge in [0.1, 0.15) is 5.76 Å². The summed E-state index contributed by atoms with van der Waals surface area (Å²) in [5.74, 6) is -0.605. The molecule has 0 aliphatic heterocycles. The van der Waals surface area contributed by atoms with Gasteiger partial charge in [-0.15, -0.1) is 0 Å². The summed E-state index contributed by atoms with van der Waals surface area (Å²) in [6.07, 6.45) is 4.12. The van der Waals surface area contributed by atoms with Crippen LogP contribution in [0, 0.1) is 0 Å². The van der Waals surface area contributed by atoms with Gasteiger partial charge in [-0.1, -0.05) is 0 Å². The summed E-state index contributed by atoms with van der Waals surface area (Å²) in [5.41, 5.74) is 0. The van der Waals surface area contributed by atoms with E-state index in [2.05, 4.69) is 4.74 Å². The first-order valence-corrected chi connectivity index (χ1v) is 3.71. The Morgan fingerprint density at radius 2 is 1.85 bits per heavy atom. The normalized spacial score (nSPS) is 11.5. The third-order valence-electron chi connectivity index (χ3n) is 1.13. The topological polar surface area (TPSA) is 52.6 Å². The van der Waals surface area contributed by atoms with Gasteiger partial charge >= 0.3 is 11.9 Å². The number of hydrogen-bond acceptors (Lipinski definition) is 4. The Bertz CT molecular complexity index is 250. The lowest BCUT2D eigenvalue weighted by molar-refractivity contribution is -0.137. The number of esters is 2. The minimum atomic E-state index is -0.494. The standard InChI is InChI=1S/C9H12O4/c1-4-8(13-7(2)10)5-6-9(11)12-3/h4-6H,1-3H3/b6-5+,8-4+. The molecule has 4 heteroatoms. The monoisotopic (exact) mass is 184 g/mol. The molecule has 4 nitrogen and oxygen atoms in total. The Labute approximate surface area is 76.8 Å². The summed E-state index contributed by atoms with van der Waals surface area (Å²) in [6.45, 7) is 2.98. The van der Waals surface area contributed by atoms with Crippen molar-refractivity contribution in [3.63, 3.8) is 0 Å². The van der Waals surface area contributed by atoms with Gasteiger partial charge in [0.2, 0.25) is 0 Å². The highest BCUT2D eigenvalue weighted by molar-refractivity contribution is 5.82. The van der Waals surface area contributed by atoms with Crippen molar-refractivity contribution in [3.8, 4) is 0 Å². The number of carbonyl (C=O) groups is 2. The molecule has 72 valence electrons. The predicted octanol–water partition coefficient (Wildman–Crippen LogP) is 1.18. The molecule has 0 N–H and O–H groups in total. The van der Waals surface area contributed by atoms with Crippen LogP contribution in [0.3, 0.4) is 0 Å². The molecule has 0 aliphatic rings. The van der Waals surface area contributed by atoms with Gasteiger partial charge < -0.3 is 9.47 Å². The van der Waals surface area contributed by atoms with E-state index in [-0.39, 0.29) is 0 Å². The maximum atomic E-state index is 10.6. The zero-order valence-electron chi connectivity index (χ0n) is 7.87. The fourth-order valence-electron chi connectivity index (χ4n) is 0.573. The molecule has 0 bridgehead atoms. The molecule has 0 aromatic carbocycles. The summed E-state index contributed by atoms with van der Waals surface area (Å²) in [7, 11) is 1.27. The first-order valence-electron chi connectivity index (χ1n) is 3.71. The second-order valence-electron chi connectivity index (χ2n) is 2.14. The number of methoxy groups -OCH3 is 1. The van der Waals surface area contributed by atoms with E-state index < -0.39 is 11.9 Å². The largest absolute Gasteiger partial charge is 0.466 e. The van der Waals surface area contributed by atoms with Crippen molar-refractivity contribution in [3.05, 3.63) is 24.0 Å². The van der Waals surface area contributed by atoms with Crippen LogP contribution in [0.1, 0.15) is 13.8 Å². The minimum absolute atomic E-state index is 0.318. The average Bonchev–Trinajstić information content (AvgIpc) is 2.10. The van der Waals surface area contributed by atoms with Gasteiger partial charge in [-0.05, 0) is 19.1 Å². The van der Waals surface area contributed by atoms with Gasteiger partial charge in [0.05, 0.1) is 7.11 Å². The van der Waals surface area contributed by atoms with Gasteiger partial charge in [-0.25, -0.2) is 4.79 Å². The van der Waals surface area contributed by atoms with Gasteiger partial charge in [0.25, 0.3) is 0 Å². The fourth-order valence-corrected chi connectivity index (χ4v) is 0.573. The van der Waals surface area contributed by atoms with Crippen LogP contribution in [0.4, 0.5) is 0 Å². The Morgan fingerprint density at radius 1 is 1.23 bits per heavy atom. The van der Waals surface area contributed by atoms with Gasteiger partial charge in [0.15, 0.2) is 0 Å². The number of ether oxygens (including phenoxy) is 2. The molecule has 0 radical (unpaired) electrons. The molecule has 0 saturated heterocycles. The lowest BCUT2D eigenvalue weighted by Crippen LogP contribution is -1.98. The summed E-state index contributed by atoms with van der Waals surface area (Å²) < 4.78 is 9.08. The molecule has 0 aromatic heterocycles. The van der Waals surface area contributed by atoms with E-state index in [0.717, 1.165) is 0 Å². The highest BCUT2D eigenvalue weighted by Gasteiger charge is 1.97. The molecule has 0 aromatic rings. The third-order valence-corrected chi connectivity index (χ3v) is 1.13. The van der Waals surface area contributed by atoms with Gasteiger partial charge in [-0.2, -0.15) is 0 Å². The number of rotatable bonds is 3. The summed E-state index contributed by atoms with van der Waals surface area (Å²) >= 11 is 0. The van der Waals surface area contributed by atoms with Crippen molar-refractivity contribution >= 4 is 11.9 Å². The fraction of sp³-hybridized carbons (Fsp3) is 0.333. The van der Waals surface area contributed by atoms with Crippen molar-refractivity contribution in [2.24, 2.45) is 0 Å². The van der Waals surface area contributed by atoms with E-state index >= 15 is 0 Å². The third kappa shape index (κ3) is 5.66. The molecule has 13 heavy (non-hydrogen) atoms. The van der Waals surface area contributed by atoms with Gasteiger partial charge in [-0.3, -0.25) is 4.79 Å². The molecular weight excluding hydrogens is 172 g/mol. The van der Waals surface area contributed by atoms with Crippen LogP contribution < -0.4 is 0 Å². The molecule has 0 spiro atoms. The predicted molar refractivity (Wildman–Crippen MR) is 46.7 cm³/mol. The molecule has 0 saturated carbocycles. The van der Waals surface area contributed by atoms with Crippen molar-refractivity contribution in [1.29, 1.82) is 0 Å². The van der Waals surface area contributed by atoms with Crippen molar-refractivity contribution in [2.75, 3.05) is 7.11 Å². The smallest absolute Gasteiger partial charge is 0.330 e. The van der Waals surface area contributed by atoms with Crippen LogP contribution in [0.2, 0.25) is 0 Å². The zero-order chi connectivity index (χ0) is 10.3. The molecule has 0 amide bonds. The van der Waals surface area contributed by atoms with E-state index in [9.17, 15) is 9.59 Å². The van der Waals surface area contributed by atoms with Crippen LogP contribution in [0.25, 0.3) is 0 Å². The Morgan fingerprint density at radius 3 is 2.23 bits per heavy atom. The number of allylic oxidation sites excluding steroid dienone is 2. The van der Waals surface area contributed by atoms with Crippen molar-refractivity contribution in [2.45, 2.75) is 13.8 Å². The Kier molecular flexibility index (Phi) is 5.27. The quantitative estimate of drug-likeness (QED) is 0.286. The second kappa shape index (κ2) is 5.99. The van der Waals surface area contributed by atoms with Crippen LogP contribution in [0.15, 0.2) is 24.0 Å². The molecule has 0 rings (SSSR count). The summed E-state index contributed by atoms with van der Waals surface area (Å²) in [6, 6.07) is 0. The lowest BCUT2D eigenvalue weighted by atomic mass is 10.4. The van der Waals surface area contributed by atoms with Crippen LogP contribution >= 0.6 is 0 Å². The first kappa shape index (κ1) is 11.4. The maximum Gasteiger partial charge on any atom is 0.330 e.